The van der Waals surface area contributed by atoms with E-state index in [4.69, 9.17) is 0 Å². The highest BCUT2D eigenvalue weighted by atomic mass is 32.1. The van der Waals surface area contributed by atoms with E-state index in [1.165, 1.54) is 5.56 Å². The molecule has 2 heterocycles. The first-order valence-corrected chi connectivity index (χ1v) is 8.48. The van der Waals surface area contributed by atoms with Crippen LogP contribution < -0.4 is 0 Å². The molecule has 1 N–H and O–H groups in total. The van der Waals surface area contributed by atoms with Gasteiger partial charge in [0.1, 0.15) is 6.04 Å². The van der Waals surface area contributed by atoms with Crippen molar-refractivity contribution >= 4 is 17.3 Å². The molecule has 1 fully saturated rings. The predicted octanol–water partition coefficient (Wildman–Crippen LogP) is 2.98. The SMILES string of the molecule is O=C(O)[C@@H]1CCCN1Cc1cnc(CCc2ccccc2)s1. The third-order valence-electron chi connectivity index (χ3n) is 4.08. The summed E-state index contributed by atoms with van der Waals surface area (Å²) in [5.41, 5.74) is 1.32. The Hall–Kier alpha value is -1.72. The van der Waals surface area contributed by atoms with Crippen LogP contribution in [0.15, 0.2) is 36.5 Å². The van der Waals surface area contributed by atoms with Gasteiger partial charge in [0.2, 0.25) is 0 Å². The van der Waals surface area contributed by atoms with Crippen molar-refractivity contribution in [2.75, 3.05) is 6.54 Å². The number of aliphatic carboxylic acids is 1. The van der Waals surface area contributed by atoms with Gasteiger partial charge in [0, 0.05) is 24.0 Å². The Kier molecular flexibility index (Phi) is 4.85. The Balaban J connectivity index is 1.56. The molecule has 0 spiro atoms. The molecule has 1 aromatic heterocycles. The second kappa shape index (κ2) is 7.03. The smallest absolute Gasteiger partial charge is 0.320 e. The van der Waals surface area contributed by atoms with Gasteiger partial charge in [-0.15, -0.1) is 11.3 Å². The summed E-state index contributed by atoms with van der Waals surface area (Å²) in [5, 5.41) is 10.4. The Bertz CT molecular complexity index is 627. The van der Waals surface area contributed by atoms with Gasteiger partial charge in [-0.3, -0.25) is 9.69 Å². The summed E-state index contributed by atoms with van der Waals surface area (Å²) >= 11 is 1.71. The van der Waals surface area contributed by atoms with Gasteiger partial charge in [0.15, 0.2) is 0 Å². The molecule has 1 aliphatic rings. The Morgan fingerprint density at radius 1 is 1.32 bits per heavy atom. The number of benzene rings is 1. The van der Waals surface area contributed by atoms with E-state index in [-0.39, 0.29) is 6.04 Å². The van der Waals surface area contributed by atoms with Gasteiger partial charge >= 0.3 is 5.97 Å². The highest BCUT2D eigenvalue weighted by molar-refractivity contribution is 7.11. The van der Waals surface area contributed by atoms with Crippen LogP contribution in [-0.2, 0) is 24.2 Å². The van der Waals surface area contributed by atoms with Gasteiger partial charge in [-0.1, -0.05) is 30.3 Å². The molecule has 1 aromatic carbocycles. The lowest BCUT2D eigenvalue weighted by Gasteiger charge is -2.19. The first-order valence-electron chi connectivity index (χ1n) is 7.67. The van der Waals surface area contributed by atoms with Crippen LogP contribution in [0.3, 0.4) is 0 Å². The van der Waals surface area contributed by atoms with E-state index in [2.05, 4.69) is 34.1 Å². The number of hydrogen-bond acceptors (Lipinski definition) is 4. The molecule has 2 aromatic rings. The lowest BCUT2D eigenvalue weighted by molar-refractivity contribution is -0.142. The van der Waals surface area contributed by atoms with Crippen LogP contribution >= 0.6 is 11.3 Å². The van der Waals surface area contributed by atoms with Crippen LogP contribution in [0.4, 0.5) is 0 Å². The number of likely N-dealkylation sites (tertiary alicyclic amines) is 1. The van der Waals surface area contributed by atoms with Crippen molar-refractivity contribution in [1.29, 1.82) is 0 Å². The quantitative estimate of drug-likeness (QED) is 0.890. The molecule has 22 heavy (non-hydrogen) atoms. The number of carboxylic acids is 1. The molecule has 0 aliphatic carbocycles. The topological polar surface area (TPSA) is 53.4 Å². The van der Waals surface area contributed by atoms with Crippen molar-refractivity contribution in [1.82, 2.24) is 9.88 Å². The maximum atomic E-state index is 11.2. The summed E-state index contributed by atoms with van der Waals surface area (Å²) in [5.74, 6) is -0.702. The Morgan fingerprint density at radius 2 is 2.14 bits per heavy atom. The maximum absolute atomic E-state index is 11.2. The zero-order chi connectivity index (χ0) is 15.4. The number of carbonyl (C=O) groups is 1. The second-order valence-corrected chi connectivity index (χ2v) is 6.87. The van der Waals surface area contributed by atoms with E-state index in [9.17, 15) is 9.90 Å². The van der Waals surface area contributed by atoms with E-state index in [1.54, 1.807) is 11.3 Å². The monoisotopic (exact) mass is 316 g/mol. The molecule has 0 radical (unpaired) electrons. The average molecular weight is 316 g/mol. The number of carboxylic acid groups (broad SMARTS) is 1. The zero-order valence-electron chi connectivity index (χ0n) is 12.4. The van der Waals surface area contributed by atoms with Crippen LogP contribution in [0.1, 0.15) is 28.3 Å². The zero-order valence-corrected chi connectivity index (χ0v) is 13.3. The fourth-order valence-electron chi connectivity index (χ4n) is 2.93. The lowest BCUT2D eigenvalue weighted by Crippen LogP contribution is -2.35. The van der Waals surface area contributed by atoms with Gasteiger partial charge in [0.05, 0.1) is 5.01 Å². The summed E-state index contributed by atoms with van der Waals surface area (Å²) in [4.78, 5) is 18.9. The van der Waals surface area contributed by atoms with Crippen molar-refractivity contribution in [2.24, 2.45) is 0 Å². The first kappa shape index (κ1) is 15.2. The third-order valence-corrected chi connectivity index (χ3v) is 5.12. The van der Waals surface area contributed by atoms with Gasteiger partial charge in [-0.2, -0.15) is 0 Å². The van der Waals surface area contributed by atoms with Crippen LogP contribution in [0, 0.1) is 0 Å². The minimum absolute atomic E-state index is 0.324. The summed E-state index contributed by atoms with van der Waals surface area (Å²) in [6.07, 6.45) is 5.57. The normalized spacial score (nSPS) is 18.6. The van der Waals surface area contributed by atoms with Gasteiger partial charge in [0.25, 0.3) is 0 Å². The first-order chi connectivity index (χ1) is 10.7. The van der Waals surface area contributed by atoms with Crippen LogP contribution in [0.25, 0.3) is 0 Å². The fourth-order valence-corrected chi connectivity index (χ4v) is 3.88. The molecule has 4 nitrogen and oxygen atoms in total. The molecular weight excluding hydrogens is 296 g/mol. The van der Waals surface area contributed by atoms with Crippen LogP contribution in [0.5, 0.6) is 0 Å². The van der Waals surface area contributed by atoms with Gasteiger partial charge < -0.3 is 5.11 Å². The number of thiazole rings is 1. The average Bonchev–Trinajstić information content (AvgIpc) is 3.16. The fraction of sp³-hybridized carbons (Fsp3) is 0.412. The summed E-state index contributed by atoms with van der Waals surface area (Å²) in [6, 6.07) is 10.1. The highest BCUT2D eigenvalue weighted by Crippen LogP contribution is 2.23. The number of hydrogen-bond donors (Lipinski definition) is 1. The summed E-state index contributed by atoms with van der Waals surface area (Å²) in [7, 11) is 0. The summed E-state index contributed by atoms with van der Waals surface area (Å²) < 4.78 is 0. The van der Waals surface area contributed by atoms with E-state index >= 15 is 0 Å². The van der Waals surface area contributed by atoms with Crippen molar-refractivity contribution in [3.05, 3.63) is 52.0 Å². The lowest BCUT2D eigenvalue weighted by atomic mass is 10.1. The Morgan fingerprint density at radius 3 is 2.91 bits per heavy atom. The molecule has 3 rings (SSSR count). The molecule has 0 unspecified atom stereocenters. The molecule has 0 amide bonds. The number of rotatable bonds is 6. The molecule has 1 aliphatic heterocycles. The predicted molar refractivity (Wildman–Crippen MR) is 87.0 cm³/mol. The van der Waals surface area contributed by atoms with Crippen molar-refractivity contribution in [3.63, 3.8) is 0 Å². The molecular formula is C17H20N2O2S. The summed E-state index contributed by atoms with van der Waals surface area (Å²) in [6.45, 7) is 1.58. The number of aryl methyl sites for hydroxylation is 2. The molecule has 5 heteroatoms. The van der Waals surface area contributed by atoms with E-state index in [1.807, 2.05) is 12.3 Å². The maximum Gasteiger partial charge on any atom is 0.320 e. The second-order valence-electron chi connectivity index (χ2n) is 5.67. The number of nitrogens with zero attached hydrogens (tertiary/aromatic N) is 2. The van der Waals surface area contributed by atoms with Crippen molar-refractivity contribution < 1.29 is 9.90 Å². The van der Waals surface area contributed by atoms with E-state index in [0.29, 0.717) is 6.54 Å². The molecule has 0 saturated carbocycles. The molecule has 1 saturated heterocycles. The van der Waals surface area contributed by atoms with Crippen LogP contribution in [0.2, 0.25) is 0 Å². The molecule has 116 valence electrons. The van der Waals surface area contributed by atoms with E-state index in [0.717, 1.165) is 42.1 Å². The highest BCUT2D eigenvalue weighted by Gasteiger charge is 2.30. The van der Waals surface area contributed by atoms with E-state index < -0.39 is 5.97 Å². The Labute approximate surface area is 134 Å². The standard InChI is InChI=1S/C17H20N2O2S/c20-17(21)15-7-4-10-19(15)12-14-11-18-16(22-14)9-8-13-5-2-1-3-6-13/h1-3,5-6,11,15H,4,7-10,12H2,(H,20,21)/t15-/m0/s1. The van der Waals surface area contributed by atoms with Gasteiger partial charge in [-0.05, 0) is 31.4 Å². The minimum Gasteiger partial charge on any atom is -0.480 e. The molecule has 1 atom stereocenters. The number of aromatic nitrogens is 1. The van der Waals surface area contributed by atoms with Crippen molar-refractivity contribution in [3.8, 4) is 0 Å². The van der Waals surface area contributed by atoms with Crippen LogP contribution in [-0.4, -0.2) is 33.5 Å². The minimum atomic E-state index is -0.702. The molecule has 0 bridgehead atoms. The van der Waals surface area contributed by atoms with Gasteiger partial charge in [-0.25, -0.2) is 4.98 Å². The largest absolute Gasteiger partial charge is 0.480 e. The third kappa shape index (κ3) is 3.72. The van der Waals surface area contributed by atoms with Crippen molar-refractivity contribution in [2.45, 2.75) is 38.3 Å².